The molecule has 0 unspecified atom stereocenters. The number of hydrogen-bond donors (Lipinski definition) is 0. The standard InChI is InChI=1S/C44H54N4O16.Co/c1-40(13-12-34(55)56)25(15-36(59)60)39-44(5)42(3,20-38(63)64)23(8-11-33(53)54)27(48-44)17-30-41(2,19-37(61)62)22(7-10-32(51)52)28(45-30)18-43(4)24(14-35(57)58)21(6-9-31(49)50)26(47-43)16-29(40)46-39;/h17,23H,6-16,18-20H2,1-5H3,(H9,45,48,49,50,51,52,53,54,55,56,57,58,59,60,61,62,63,64);/q;+2/p-9/t23-,40-,41+,42+,43+,44+;/m1./s1. The second-order valence-corrected chi connectivity index (χ2v) is 18.1. The van der Waals surface area contributed by atoms with Crippen LogP contribution in [-0.4, -0.2) is 76.0 Å². The van der Waals surface area contributed by atoms with Crippen LogP contribution < -0.4 is 40.9 Å². The molecule has 5 aliphatic heterocycles. The molecule has 0 fully saturated rings. The Morgan fingerprint density at radius 3 is 1.74 bits per heavy atom. The molecule has 5 rings (SSSR count). The van der Waals surface area contributed by atoms with Crippen molar-refractivity contribution in [3.63, 3.8) is 0 Å². The van der Waals surface area contributed by atoms with Gasteiger partial charge in [-0.1, -0.05) is 32.4 Å². The van der Waals surface area contributed by atoms with E-state index >= 15 is 0 Å². The van der Waals surface area contributed by atoms with E-state index in [-0.39, 0.29) is 105 Å². The van der Waals surface area contributed by atoms with E-state index in [1.165, 1.54) is 40.7 Å². The summed E-state index contributed by atoms with van der Waals surface area (Å²) >= 11 is 0. The third kappa shape index (κ3) is 9.99. The number of rotatable bonds is 20. The van der Waals surface area contributed by atoms with Gasteiger partial charge in [0.15, 0.2) is 0 Å². The van der Waals surface area contributed by atoms with E-state index in [0.29, 0.717) is 0 Å². The molecule has 65 heavy (non-hydrogen) atoms. The number of allylic oxidation sites excluding steroid dienone is 3. The molecule has 0 spiro atoms. The van der Waals surface area contributed by atoms with Crippen molar-refractivity contribution in [3.8, 4) is 0 Å². The maximum Gasteiger partial charge on any atom is 2.00 e. The first-order valence-corrected chi connectivity index (χ1v) is 20.6. The second-order valence-electron chi connectivity index (χ2n) is 18.1. The van der Waals surface area contributed by atoms with Gasteiger partial charge in [-0.2, -0.15) is 5.70 Å². The fourth-order valence-electron chi connectivity index (χ4n) is 10.5. The fraction of sp³-hybridized carbons (Fsp3) is 0.568. The maximum absolute atomic E-state index is 12.8. The van der Waals surface area contributed by atoms with Crippen LogP contribution in [0.5, 0.6) is 0 Å². The Kier molecular flexibility index (Phi) is 15.0. The number of aliphatic imine (C=N–C) groups is 3. The predicted molar refractivity (Wildman–Crippen MR) is 204 cm³/mol. The van der Waals surface area contributed by atoms with Crippen LogP contribution in [0.1, 0.15) is 125 Å². The number of nitrogens with zero attached hydrogens (tertiary/aromatic N) is 4. The molecular formula is C44H45CoN4O16-7. The van der Waals surface area contributed by atoms with Crippen molar-refractivity contribution < 1.29 is 96.0 Å². The van der Waals surface area contributed by atoms with Crippen molar-refractivity contribution in [2.24, 2.45) is 37.1 Å². The van der Waals surface area contributed by atoms with Gasteiger partial charge in [-0.3, -0.25) is 15.0 Å². The van der Waals surface area contributed by atoms with E-state index < -0.39 is 139 Å². The quantitative estimate of drug-likeness (QED) is 0.110. The Morgan fingerprint density at radius 1 is 0.646 bits per heavy atom. The van der Waals surface area contributed by atoms with E-state index in [1.807, 2.05) is 0 Å². The van der Waals surface area contributed by atoms with Gasteiger partial charge in [0.05, 0.1) is 11.2 Å². The van der Waals surface area contributed by atoms with Crippen LogP contribution in [0.15, 0.2) is 60.4 Å². The van der Waals surface area contributed by atoms with Crippen molar-refractivity contribution in [3.05, 3.63) is 50.8 Å². The zero-order valence-electron chi connectivity index (χ0n) is 36.2. The molecule has 6 atom stereocenters. The summed E-state index contributed by atoms with van der Waals surface area (Å²) in [5, 5.41) is 103. The van der Waals surface area contributed by atoms with Crippen LogP contribution in [0.2, 0.25) is 0 Å². The molecular weight excluding hydrogens is 899 g/mol. The van der Waals surface area contributed by atoms with Gasteiger partial charge < -0.3 is 84.5 Å². The Hall–Kier alpha value is -5.96. The van der Waals surface area contributed by atoms with Gasteiger partial charge in [0.2, 0.25) is 0 Å². The van der Waals surface area contributed by atoms with Crippen molar-refractivity contribution in [2.75, 3.05) is 0 Å². The number of fused-ring (bicyclic) bond motifs is 6. The van der Waals surface area contributed by atoms with Gasteiger partial charge in [-0.15, -0.1) is 5.70 Å². The van der Waals surface area contributed by atoms with Crippen LogP contribution in [0.4, 0.5) is 0 Å². The molecule has 0 saturated carbocycles. The minimum Gasteiger partial charge on any atom is -0.664 e. The van der Waals surface area contributed by atoms with E-state index in [1.54, 1.807) is 0 Å². The third-order valence-electron chi connectivity index (χ3n) is 13.9. The molecule has 1 radical (unpaired) electrons. The number of carboxylic acid groups (broad SMARTS) is 8. The first kappa shape index (κ1) is 51.7. The van der Waals surface area contributed by atoms with Gasteiger partial charge in [0, 0.05) is 101 Å². The summed E-state index contributed by atoms with van der Waals surface area (Å²) in [5.74, 6) is -13.8. The molecule has 8 bridgehead atoms. The van der Waals surface area contributed by atoms with Gasteiger partial charge in [-0.25, -0.2) is 0 Å². The topological polar surface area (TPSA) is 372 Å². The minimum absolute atomic E-state index is 0. The molecule has 0 amide bonds. The zero-order chi connectivity index (χ0) is 47.9. The molecule has 0 aromatic carbocycles. The molecule has 0 aromatic heterocycles. The van der Waals surface area contributed by atoms with Crippen LogP contribution in [0.25, 0.3) is 5.32 Å². The smallest absolute Gasteiger partial charge is 0.664 e. The summed E-state index contributed by atoms with van der Waals surface area (Å²) in [6.07, 6.45) is -6.96. The SMILES string of the molecule is C[C@]1(CCC(=O)[O-])C2=NC(=C1CC(=O)[O-])[C@]1(C)N=C(C=C3[N-]C(=C(CCC(=O)[O-])[C@]3(C)CC(=O)[O-])C[C@]3(C)N=C(C2)C(CCC(=O)[O-])=C3CC(=O)[O-])[C@@H](CCC(=O)[O-])[C@]1(C)CC(=O)[O-].[Co+2]. The first-order chi connectivity index (χ1) is 29.6. The molecule has 0 N–H and O–H groups in total. The van der Waals surface area contributed by atoms with E-state index in [0.717, 1.165) is 0 Å². The number of carboxylic acids is 8. The summed E-state index contributed by atoms with van der Waals surface area (Å²) in [5.41, 5.74) is -8.71. The van der Waals surface area contributed by atoms with Crippen LogP contribution in [0.3, 0.4) is 0 Å². The summed E-state index contributed by atoms with van der Waals surface area (Å²) < 4.78 is 0. The molecule has 21 heteroatoms. The molecule has 0 saturated heterocycles. The molecule has 5 heterocycles. The fourth-order valence-corrected chi connectivity index (χ4v) is 10.5. The average Bonchev–Trinajstić information content (AvgIpc) is 3.72. The van der Waals surface area contributed by atoms with Gasteiger partial charge in [0.1, 0.15) is 5.54 Å². The average molecular weight is 945 g/mol. The molecule has 353 valence electrons. The first-order valence-electron chi connectivity index (χ1n) is 20.6. The Balaban J connectivity index is 0.00000925. The monoisotopic (exact) mass is 944 g/mol. The molecule has 0 aliphatic carbocycles. The summed E-state index contributed by atoms with van der Waals surface area (Å²) in [7, 11) is 0. The third-order valence-corrected chi connectivity index (χ3v) is 13.9. The van der Waals surface area contributed by atoms with Gasteiger partial charge in [0.25, 0.3) is 0 Å². The van der Waals surface area contributed by atoms with Crippen molar-refractivity contribution in [1.82, 2.24) is 0 Å². The normalized spacial score (nSPS) is 29.1. The second kappa shape index (κ2) is 18.9. The van der Waals surface area contributed by atoms with Gasteiger partial charge >= 0.3 is 16.8 Å². The zero-order valence-corrected chi connectivity index (χ0v) is 37.2. The largest absolute Gasteiger partial charge is 2.00 e. The molecule has 5 aliphatic rings. The summed E-state index contributed by atoms with van der Waals surface area (Å²) in [6.45, 7) is 7.28. The number of aliphatic carboxylic acids is 8. The van der Waals surface area contributed by atoms with Crippen LogP contribution in [-0.2, 0) is 55.1 Å². The Morgan fingerprint density at radius 2 is 1.20 bits per heavy atom. The van der Waals surface area contributed by atoms with Crippen molar-refractivity contribution in [1.29, 1.82) is 0 Å². The van der Waals surface area contributed by atoms with Crippen LogP contribution >= 0.6 is 0 Å². The van der Waals surface area contributed by atoms with Crippen LogP contribution in [0, 0.1) is 22.2 Å². The minimum atomic E-state index is -1.96. The maximum atomic E-state index is 12.8. The summed E-state index contributed by atoms with van der Waals surface area (Å²) in [4.78, 5) is 113. The van der Waals surface area contributed by atoms with Crippen molar-refractivity contribution in [2.45, 2.75) is 136 Å². The van der Waals surface area contributed by atoms with Crippen molar-refractivity contribution >= 4 is 64.9 Å². The van der Waals surface area contributed by atoms with E-state index in [2.05, 4.69) is 0 Å². The molecule has 20 nitrogen and oxygen atoms in total. The number of hydrogen-bond acceptors (Lipinski definition) is 19. The predicted octanol–water partition coefficient (Wildman–Crippen LogP) is -4.95. The number of carbonyl (C=O) groups excluding carboxylic acids is 8. The molecule has 0 aromatic rings. The van der Waals surface area contributed by atoms with E-state index in [9.17, 15) is 79.2 Å². The van der Waals surface area contributed by atoms with E-state index in [4.69, 9.17) is 20.3 Å². The van der Waals surface area contributed by atoms with Gasteiger partial charge in [-0.05, 0) is 107 Å². The Labute approximate surface area is 383 Å². The Bertz CT molecular complexity index is 2360. The number of carbonyl (C=O) groups is 8. The summed E-state index contributed by atoms with van der Waals surface area (Å²) in [6, 6.07) is 0.